The van der Waals surface area contributed by atoms with E-state index in [4.69, 9.17) is 4.74 Å². The molecular weight excluding hydrogens is 406 g/mol. The van der Waals surface area contributed by atoms with E-state index in [0.29, 0.717) is 30.9 Å². The van der Waals surface area contributed by atoms with Crippen LogP contribution in [0.25, 0.3) is 5.69 Å². The molecule has 0 aliphatic carbocycles. The number of aryl methyl sites for hydroxylation is 2. The normalized spacial score (nSPS) is 16.2. The number of benzene rings is 2. The van der Waals surface area contributed by atoms with Gasteiger partial charge in [0, 0.05) is 31.2 Å². The number of amides is 2. The first-order valence-corrected chi connectivity index (χ1v) is 10.6. The molecule has 2 heterocycles. The highest BCUT2D eigenvalue weighted by atomic mass is 16.5. The maximum Gasteiger partial charge on any atom is 0.293 e. The van der Waals surface area contributed by atoms with Crippen LogP contribution in [0.3, 0.4) is 0 Å². The summed E-state index contributed by atoms with van der Waals surface area (Å²) in [5, 5.41) is 4.38. The number of carbonyl (C=O) groups is 2. The van der Waals surface area contributed by atoms with E-state index in [9.17, 15) is 9.59 Å². The lowest BCUT2D eigenvalue weighted by Gasteiger charge is -2.39. The van der Waals surface area contributed by atoms with Gasteiger partial charge in [-0.1, -0.05) is 18.2 Å². The third-order valence-electron chi connectivity index (χ3n) is 5.78. The summed E-state index contributed by atoms with van der Waals surface area (Å²) in [4.78, 5) is 33.8. The predicted octanol–water partition coefficient (Wildman–Crippen LogP) is 2.88. The van der Waals surface area contributed by atoms with E-state index in [2.05, 4.69) is 10.1 Å². The Labute approximate surface area is 187 Å². The van der Waals surface area contributed by atoms with Gasteiger partial charge in [0.25, 0.3) is 11.8 Å². The summed E-state index contributed by atoms with van der Waals surface area (Å²) >= 11 is 0. The Balaban J connectivity index is 1.44. The number of carbonyl (C=O) groups excluding carboxylic acids is 2. The molecule has 0 radical (unpaired) electrons. The van der Waals surface area contributed by atoms with Crippen molar-refractivity contribution in [3.05, 3.63) is 71.3 Å². The molecule has 2 aromatic carbocycles. The molecule has 1 saturated heterocycles. The largest absolute Gasteiger partial charge is 0.496 e. The molecular formula is C24H27N5O3. The number of hydrogen-bond acceptors (Lipinski definition) is 5. The highest BCUT2D eigenvalue weighted by Gasteiger charge is 2.32. The van der Waals surface area contributed by atoms with Crippen LogP contribution in [-0.4, -0.2) is 69.2 Å². The first-order valence-electron chi connectivity index (χ1n) is 10.6. The van der Waals surface area contributed by atoms with Crippen molar-refractivity contribution in [2.45, 2.75) is 26.8 Å². The van der Waals surface area contributed by atoms with Gasteiger partial charge in [0.1, 0.15) is 12.1 Å². The number of aromatic nitrogens is 3. The number of ether oxygens (including phenoxy) is 1. The highest BCUT2D eigenvalue weighted by molar-refractivity contribution is 5.95. The lowest BCUT2D eigenvalue weighted by molar-refractivity contribution is 0.0407. The van der Waals surface area contributed by atoms with Crippen LogP contribution in [0.4, 0.5) is 0 Å². The van der Waals surface area contributed by atoms with E-state index in [1.165, 1.54) is 0 Å². The lowest BCUT2D eigenvalue weighted by atomic mass is 10.1. The van der Waals surface area contributed by atoms with Crippen molar-refractivity contribution in [2.24, 2.45) is 0 Å². The summed E-state index contributed by atoms with van der Waals surface area (Å²) in [6.45, 7) is 7.19. The first-order chi connectivity index (χ1) is 15.4. The summed E-state index contributed by atoms with van der Waals surface area (Å²) in [6.07, 6.45) is 1.55. The van der Waals surface area contributed by atoms with Crippen molar-refractivity contribution in [2.75, 3.05) is 26.7 Å². The Morgan fingerprint density at radius 3 is 2.59 bits per heavy atom. The molecule has 1 unspecified atom stereocenters. The van der Waals surface area contributed by atoms with Crippen molar-refractivity contribution in [3.63, 3.8) is 0 Å². The summed E-state index contributed by atoms with van der Waals surface area (Å²) in [6, 6.07) is 13.1. The summed E-state index contributed by atoms with van der Waals surface area (Å²) in [7, 11) is 1.59. The number of rotatable bonds is 4. The van der Waals surface area contributed by atoms with Crippen LogP contribution in [0.15, 0.2) is 48.8 Å². The predicted molar refractivity (Wildman–Crippen MR) is 120 cm³/mol. The molecule has 1 aromatic heterocycles. The van der Waals surface area contributed by atoms with Crippen molar-refractivity contribution in [3.8, 4) is 11.4 Å². The molecule has 0 spiro atoms. The van der Waals surface area contributed by atoms with Crippen molar-refractivity contribution >= 4 is 11.8 Å². The van der Waals surface area contributed by atoms with Crippen LogP contribution in [0, 0.1) is 13.8 Å². The maximum absolute atomic E-state index is 13.1. The monoisotopic (exact) mass is 433 g/mol. The quantitative estimate of drug-likeness (QED) is 0.632. The third-order valence-corrected chi connectivity index (χ3v) is 5.78. The highest BCUT2D eigenvalue weighted by Crippen LogP contribution is 2.22. The second-order valence-electron chi connectivity index (χ2n) is 8.13. The molecule has 0 bridgehead atoms. The molecule has 1 fully saturated rings. The van der Waals surface area contributed by atoms with Gasteiger partial charge in [-0.25, -0.2) is 9.67 Å². The zero-order valence-corrected chi connectivity index (χ0v) is 18.8. The minimum absolute atomic E-state index is 0.0656. The van der Waals surface area contributed by atoms with Crippen LogP contribution in [-0.2, 0) is 0 Å². The Morgan fingerprint density at radius 1 is 1.06 bits per heavy atom. The minimum Gasteiger partial charge on any atom is -0.496 e. The maximum atomic E-state index is 13.1. The van der Waals surface area contributed by atoms with Crippen LogP contribution >= 0.6 is 0 Å². The van der Waals surface area contributed by atoms with Crippen molar-refractivity contribution in [1.29, 1.82) is 0 Å². The van der Waals surface area contributed by atoms with Gasteiger partial charge in [-0.3, -0.25) is 9.59 Å². The van der Waals surface area contributed by atoms with Gasteiger partial charge in [-0.15, -0.1) is 5.10 Å². The first kappa shape index (κ1) is 21.5. The SMILES string of the molecule is COc1cc(C(=O)N2CCN(C(=O)c3ncn(-c4cccc(C)c4)n3)C(C)C2)ccc1C. The Bertz CT molecular complexity index is 1160. The van der Waals surface area contributed by atoms with Gasteiger partial charge in [0.05, 0.1) is 12.8 Å². The number of methoxy groups -OCH3 is 1. The van der Waals surface area contributed by atoms with E-state index in [1.54, 1.807) is 34.0 Å². The van der Waals surface area contributed by atoms with Gasteiger partial charge in [-0.05, 0) is 56.2 Å². The van der Waals surface area contributed by atoms with Crippen LogP contribution in [0.2, 0.25) is 0 Å². The fourth-order valence-corrected chi connectivity index (χ4v) is 3.96. The Kier molecular flexibility index (Phi) is 5.94. The molecule has 32 heavy (non-hydrogen) atoms. The molecule has 4 rings (SSSR count). The third kappa shape index (κ3) is 4.21. The van der Waals surface area contributed by atoms with E-state index < -0.39 is 0 Å². The molecule has 166 valence electrons. The molecule has 8 nitrogen and oxygen atoms in total. The number of nitrogens with zero attached hydrogens (tertiary/aromatic N) is 5. The standard InChI is InChI=1S/C24H27N5O3/c1-16-6-5-7-20(12-16)29-15-25-22(26-29)24(31)28-11-10-27(14-18(28)3)23(30)19-9-8-17(2)21(13-19)32-4/h5-9,12-13,15,18H,10-11,14H2,1-4H3. The average molecular weight is 434 g/mol. The van der Waals surface area contributed by atoms with Crippen LogP contribution in [0.1, 0.15) is 39.0 Å². The van der Waals surface area contributed by atoms with Gasteiger partial charge in [-0.2, -0.15) is 0 Å². The van der Waals surface area contributed by atoms with Gasteiger partial charge >= 0.3 is 0 Å². The topological polar surface area (TPSA) is 80.6 Å². The van der Waals surface area contributed by atoms with Gasteiger partial charge < -0.3 is 14.5 Å². The second kappa shape index (κ2) is 8.82. The number of piperazine rings is 1. The van der Waals surface area contributed by atoms with Crippen molar-refractivity contribution < 1.29 is 14.3 Å². The molecule has 1 aliphatic heterocycles. The molecule has 2 amide bonds. The Hall–Kier alpha value is -3.68. The fraction of sp³-hybridized carbons (Fsp3) is 0.333. The molecule has 0 N–H and O–H groups in total. The molecule has 1 atom stereocenters. The molecule has 1 aliphatic rings. The summed E-state index contributed by atoms with van der Waals surface area (Å²) < 4.78 is 6.95. The van der Waals surface area contributed by atoms with E-state index in [1.807, 2.05) is 57.2 Å². The number of hydrogen-bond donors (Lipinski definition) is 0. The smallest absolute Gasteiger partial charge is 0.293 e. The second-order valence-corrected chi connectivity index (χ2v) is 8.13. The van der Waals surface area contributed by atoms with Gasteiger partial charge in [0.2, 0.25) is 5.82 Å². The van der Waals surface area contributed by atoms with Crippen molar-refractivity contribution in [1.82, 2.24) is 24.6 Å². The zero-order chi connectivity index (χ0) is 22.8. The molecule has 3 aromatic rings. The van der Waals surface area contributed by atoms with E-state index >= 15 is 0 Å². The Morgan fingerprint density at radius 2 is 1.88 bits per heavy atom. The van der Waals surface area contributed by atoms with E-state index in [-0.39, 0.29) is 23.7 Å². The van der Waals surface area contributed by atoms with Crippen LogP contribution < -0.4 is 4.74 Å². The van der Waals surface area contributed by atoms with Gasteiger partial charge in [0.15, 0.2) is 0 Å². The molecule has 0 saturated carbocycles. The average Bonchev–Trinajstić information content (AvgIpc) is 3.29. The zero-order valence-electron chi connectivity index (χ0n) is 18.8. The van der Waals surface area contributed by atoms with E-state index in [0.717, 1.165) is 16.8 Å². The molecule has 8 heteroatoms. The minimum atomic E-state index is -0.229. The fourth-order valence-electron chi connectivity index (χ4n) is 3.96. The summed E-state index contributed by atoms with van der Waals surface area (Å²) in [5.41, 5.74) is 3.52. The van der Waals surface area contributed by atoms with Crippen LogP contribution in [0.5, 0.6) is 5.75 Å². The summed E-state index contributed by atoms with van der Waals surface area (Å²) in [5.74, 6) is 0.548. The lowest BCUT2D eigenvalue weighted by Crippen LogP contribution is -2.55.